The van der Waals surface area contributed by atoms with E-state index in [2.05, 4.69) is 10.3 Å². The summed E-state index contributed by atoms with van der Waals surface area (Å²) >= 11 is 1.65. The van der Waals surface area contributed by atoms with E-state index in [1.54, 1.807) is 18.3 Å². The third kappa shape index (κ3) is 3.71. The van der Waals surface area contributed by atoms with Crippen molar-refractivity contribution in [3.05, 3.63) is 46.1 Å². The van der Waals surface area contributed by atoms with Crippen LogP contribution in [0.4, 0.5) is 5.13 Å². The van der Waals surface area contributed by atoms with E-state index < -0.39 is 6.10 Å². The molecule has 0 bridgehead atoms. The summed E-state index contributed by atoms with van der Waals surface area (Å²) in [5.41, 5.74) is 3.36. The number of nitrogens with zero attached hydrogens (tertiary/aromatic N) is 2. The molecule has 158 valence electrons. The number of thiazole rings is 1. The van der Waals surface area contributed by atoms with Crippen LogP contribution in [0.5, 0.6) is 0 Å². The highest BCUT2D eigenvalue weighted by atomic mass is 32.1. The Labute approximate surface area is 179 Å². The molecule has 1 amide bonds. The number of anilines is 1. The molecule has 2 aliphatic rings. The fourth-order valence-electron chi connectivity index (χ4n) is 4.25. The lowest BCUT2D eigenvalue weighted by atomic mass is 10.1. The first-order chi connectivity index (χ1) is 14.6. The number of benzene rings is 1. The highest BCUT2D eigenvalue weighted by Gasteiger charge is 2.26. The number of aliphatic hydroxyl groups excluding tert-OH is 1. The zero-order valence-corrected chi connectivity index (χ0v) is 17.8. The van der Waals surface area contributed by atoms with Crippen molar-refractivity contribution in [1.29, 1.82) is 0 Å². The number of nitrogens with one attached hydrogen (secondary N) is 2. The molecule has 30 heavy (non-hydrogen) atoms. The Balaban J connectivity index is 1.30. The summed E-state index contributed by atoms with van der Waals surface area (Å²) in [5, 5.41) is 15.3. The Kier molecular flexibility index (Phi) is 5.22. The van der Waals surface area contributed by atoms with Crippen molar-refractivity contribution in [3.8, 4) is 0 Å². The Morgan fingerprint density at radius 2 is 2.40 bits per heavy atom. The van der Waals surface area contributed by atoms with Gasteiger partial charge in [-0.3, -0.25) is 4.79 Å². The average Bonchev–Trinajstić information content (AvgIpc) is 3.49. The number of aromatic nitrogens is 2. The molecule has 0 spiro atoms. The van der Waals surface area contributed by atoms with Gasteiger partial charge in [-0.25, -0.2) is 4.98 Å². The Bertz CT molecular complexity index is 1070. The summed E-state index contributed by atoms with van der Waals surface area (Å²) in [6.07, 6.45) is 1.29. The van der Waals surface area contributed by atoms with Gasteiger partial charge in [0, 0.05) is 47.8 Å². The van der Waals surface area contributed by atoms with Crippen LogP contribution in [0.25, 0.3) is 10.9 Å². The van der Waals surface area contributed by atoms with E-state index in [1.807, 2.05) is 29.2 Å². The number of hydrogen-bond acceptors (Lipinski definition) is 6. The van der Waals surface area contributed by atoms with E-state index in [9.17, 15) is 9.90 Å². The number of hydrogen-bond donors (Lipinski definition) is 3. The van der Waals surface area contributed by atoms with E-state index >= 15 is 0 Å². The van der Waals surface area contributed by atoms with Crippen LogP contribution in [-0.2, 0) is 17.7 Å². The van der Waals surface area contributed by atoms with Gasteiger partial charge >= 0.3 is 0 Å². The molecule has 7 nitrogen and oxygen atoms in total. The number of aliphatic hydroxyl groups is 1. The number of H-pyrrole nitrogens is 1. The average molecular weight is 427 g/mol. The molecule has 8 heteroatoms. The van der Waals surface area contributed by atoms with Crippen LogP contribution in [0.1, 0.15) is 46.1 Å². The smallest absolute Gasteiger partial charge is 0.270 e. The van der Waals surface area contributed by atoms with Crippen LogP contribution in [0.3, 0.4) is 0 Å². The van der Waals surface area contributed by atoms with Crippen molar-refractivity contribution in [1.82, 2.24) is 14.9 Å². The molecule has 1 aromatic carbocycles. The number of aromatic amines is 1. The van der Waals surface area contributed by atoms with Crippen LogP contribution in [0, 0.1) is 5.92 Å². The van der Waals surface area contributed by atoms with Crippen molar-refractivity contribution >= 4 is 33.3 Å². The van der Waals surface area contributed by atoms with Gasteiger partial charge in [0.25, 0.3) is 5.91 Å². The first kappa shape index (κ1) is 19.5. The number of fused-ring (bicyclic) bond motifs is 2. The molecule has 0 radical (unpaired) electrons. The molecule has 5 rings (SSSR count). The monoisotopic (exact) mass is 426 g/mol. The molecule has 4 heterocycles. The summed E-state index contributed by atoms with van der Waals surface area (Å²) < 4.78 is 5.43. The second-order valence-electron chi connectivity index (χ2n) is 8.14. The van der Waals surface area contributed by atoms with E-state index in [0.29, 0.717) is 24.7 Å². The maximum absolute atomic E-state index is 13.2. The van der Waals surface area contributed by atoms with Crippen molar-refractivity contribution in [2.75, 3.05) is 31.6 Å². The number of carbonyl (C=O) groups excluding carboxylic acids is 1. The van der Waals surface area contributed by atoms with Crippen LogP contribution >= 0.6 is 11.3 Å². The number of carbonyl (C=O) groups is 1. The maximum Gasteiger partial charge on any atom is 0.270 e. The molecule has 2 unspecified atom stereocenters. The van der Waals surface area contributed by atoms with Gasteiger partial charge in [0.15, 0.2) is 5.13 Å². The zero-order chi connectivity index (χ0) is 20.7. The highest BCUT2D eigenvalue weighted by molar-refractivity contribution is 7.15. The van der Waals surface area contributed by atoms with Gasteiger partial charge in [-0.15, -0.1) is 0 Å². The Hall–Kier alpha value is -2.42. The summed E-state index contributed by atoms with van der Waals surface area (Å²) in [4.78, 5) is 24.2. The molecule has 3 aromatic rings. The summed E-state index contributed by atoms with van der Waals surface area (Å²) in [5.74, 6) is 0.539. The van der Waals surface area contributed by atoms with Gasteiger partial charge in [-0.05, 0) is 31.0 Å². The van der Waals surface area contributed by atoms with Crippen LogP contribution < -0.4 is 5.32 Å². The van der Waals surface area contributed by atoms with Crippen LogP contribution in [0.2, 0.25) is 0 Å². The van der Waals surface area contributed by atoms with Crippen molar-refractivity contribution < 1.29 is 14.6 Å². The summed E-state index contributed by atoms with van der Waals surface area (Å²) in [6, 6.07) is 7.58. The van der Waals surface area contributed by atoms with Gasteiger partial charge in [0.1, 0.15) is 5.69 Å². The lowest BCUT2D eigenvalue weighted by Gasteiger charge is -2.25. The number of ether oxygens (including phenoxy) is 1. The minimum atomic E-state index is -0.580. The third-order valence-corrected chi connectivity index (χ3v) is 7.00. The topological polar surface area (TPSA) is 90.5 Å². The van der Waals surface area contributed by atoms with Crippen LogP contribution in [0.15, 0.2) is 24.3 Å². The zero-order valence-electron chi connectivity index (χ0n) is 17.0. The SMILES string of the molecule is CC(O)c1cccc2[nH]c(C(=O)N3CCc4nc(NCC5CCOC5)sc4C3)cc12. The van der Waals surface area contributed by atoms with Gasteiger partial charge in [0.05, 0.1) is 24.9 Å². The van der Waals surface area contributed by atoms with E-state index in [1.165, 1.54) is 0 Å². The highest BCUT2D eigenvalue weighted by Crippen LogP contribution is 2.30. The largest absolute Gasteiger partial charge is 0.389 e. The van der Waals surface area contributed by atoms with Crippen molar-refractivity contribution in [2.24, 2.45) is 5.92 Å². The Morgan fingerprint density at radius 1 is 1.50 bits per heavy atom. The number of amides is 1. The van der Waals surface area contributed by atoms with Crippen LogP contribution in [-0.4, -0.2) is 52.2 Å². The molecule has 2 aliphatic heterocycles. The van der Waals surface area contributed by atoms with Crippen molar-refractivity contribution in [3.63, 3.8) is 0 Å². The molecule has 2 atom stereocenters. The minimum absolute atomic E-state index is 0.0144. The fraction of sp³-hybridized carbons (Fsp3) is 0.455. The second kappa shape index (κ2) is 8.02. The maximum atomic E-state index is 13.2. The van der Waals surface area contributed by atoms with Gasteiger partial charge in [0.2, 0.25) is 0 Å². The standard InChI is InChI=1S/C22H26N4O3S/c1-13(27)15-3-2-4-17-16(15)9-19(24-17)21(28)26-7-5-18-20(11-26)30-22(25-18)23-10-14-6-8-29-12-14/h2-4,9,13-14,24,27H,5-8,10-12H2,1H3,(H,23,25). The van der Waals surface area contributed by atoms with E-state index in [4.69, 9.17) is 9.72 Å². The molecular weight excluding hydrogens is 400 g/mol. The molecule has 2 aromatic heterocycles. The van der Waals surface area contributed by atoms with E-state index in [0.717, 1.165) is 64.8 Å². The summed E-state index contributed by atoms with van der Waals surface area (Å²) in [6.45, 7) is 5.54. The first-order valence-corrected chi connectivity index (χ1v) is 11.3. The number of rotatable bonds is 5. The third-order valence-electron chi connectivity index (χ3n) is 5.96. The van der Waals surface area contributed by atoms with Gasteiger partial charge < -0.3 is 25.0 Å². The predicted octanol–water partition coefficient (Wildman–Crippen LogP) is 3.32. The Morgan fingerprint density at radius 3 is 3.20 bits per heavy atom. The van der Waals surface area contributed by atoms with Gasteiger partial charge in [-0.1, -0.05) is 23.5 Å². The minimum Gasteiger partial charge on any atom is -0.389 e. The first-order valence-electron chi connectivity index (χ1n) is 10.5. The quantitative estimate of drug-likeness (QED) is 0.582. The molecule has 0 saturated carbocycles. The molecule has 0 aliphatic carbocycles. The summed E-state index contributed by atoms with van der Waals surface area (Å²) in [7, 11) is 0. The second-order valence-corrected chi connectivity index (χ2v) is 9.23. The lowest BCUT2D eigenvalue weighted by molar-refractivity contribution is 0.0731. The van der Waals surface area contributed by atoms with E-state index in [-0.39, 0.29) is 5.91 Å². The molecule has 1 fully saturated rings. The molecular formula is C22H26N4O3S. The normalized spacial score (nSPS) is 19.8. The van der Waals surface area contributed by atoms with Crippen molar-refractivity contribution in [2.45, 2.75) is 32.4 Å². The fourth-order valence-corrected chi connectivity index (χ4v) is 5.28. The predicted molar refractivity (Wildman–Crippen MR) is 117 cm³/mol. The lowest BCUT2D eigenvalue weighted by Crippen LogP contribution is -2.35. The molecule has 1 saturated heterocycles. The molecule has 3 N–H and O–H groups in total. The van der Waals surface area contributed by atoms with Gasteiger partial charge in [-0.2, -0.15) is 0 Å².